The van der Waals surface area contributed by atoms with Crippen LogP contribution in [0.3, 0.4) is 0 Å². The number of rotatable bonds is 6. The van der Waals surface area contributed by atoms with Crippen molar-refractivity contribution in [3.63, 3.8) is 0 Å². The van der Waals surface area contributed by atoms with E-state index in [0.717, 1.165) is 18.7 Å². The smallest absolute Gasteiger partial charge is 0.0827 e. The minimum Gasteiger partial charge on any atom is -0.248 e. The largest absolute Gasteiger partial charge is 0.248 e. The summed E-state index contributed by atoms with van der Waals surface area (Å²) in [6.07, 6.45) is 8.60. The third kappa shape index (κ3) is 3.40. The molecule has 1 rings (SSSR count). The van der Waals surface area contributed by atoms with Gasteiger partial charge in [-0.1, -0.05) is 31.1 Å². The highest BCUT2D eigenvalue weighted by Gasteiger charge is 1.98. The van der Waals surface area contributed by atoms with Gasteiger partial charge >= 0.3 is 0 Å². The predicted molar refractivity (Wildman–Crippen MR) is 53.4 cm³/mol. The molecule has 3 heteroatoms. The van der Waals surface area contributed by atoms with Crippen molar-refractivity contribution in [3.8, 4) is 0 Å². The summed E-state index contributed by atoms with van der Waals surface area (Å²) < 4.78 is 1.81. The van der Waals surface area contributed by atoms with Gasteiger partial charge < -0.3 is 0 Å². The molecule has 0 aliphatic rings. The molecule has 0 saturated carbocycles. The lowest BCUT2D eigenvalue weighted by Crippen LogP contribution is -1.94. The van der Waals surface area contributed by atoms with E-state index in [1.165, 1.54) is 19.3 Å². The highest BCUT2D eigenvalue weighted by atomic mass is 15.4. The van der Waals surface area contributed by atoms with Crippen molar-refractivity contribution in [1.29, 1.82) is 0 Å². The average molecular weight is 179 g/mol. The molecule has 0 atom stereocenters. The molecule has 0 fully saturated rings. The Kier molecular flexibility index (Phi) is 4.23. The van der Waals surface area contributed by atoms with Gasteiger partial charge in [-0.25, -0.2) is 4.68 Å². The van der Waals surface area contributed by atoms with E-state index in [2.05, 4.69) is 23.8 Å². The summed E-state index contributed by atoms with van der Waals surface area (Å²) in [5, 5.41) is 8.05. The molecule has 0 spiro atoms. The fourth-order valence-electron chi connectivity index (χ4n) is 1.23. The summed E-state index contributed by atoms with van der Waals surface area (Å²) in [5.74, 6) is 0. The molecule has 0 N–H and O–H groups in total. The topological polar surface area (TPSA) is 30.7 Å². The zero-order chi connectivity index (χ0) is 9.52. The molecule has 3 nitrogen and oxygen atoms in total. The first-order valence-corrected chi connectivity index (χ1v) is 4.86. The Morgan fingerprint density at radius 1 is 1.54 bits per heavy atom. The SMILES string of the molecule is C=CCn1cc(CCCCC)nn1. The number of allylic oxidation sites excluding steroid dienone is 1. The lowest BCUT2D eigenvalue weighted by Gasteiger charge is -1.93. The summed E-state index contributed by atoms with van der Waals surface area (Å²) in [5.41, 5.74) is 1.09. The first-order valence-electron chi connectivity index (χ1n) is 4.86. The molecule has 0 aliphatic carbocycles. The first-order chi connectivity index (χ1) is 6.36. The second-order valence-electron chi connectivity index (χ2n) is 3.18. The van der Waals surface area contributed by atoms with Gasteiger partial charge in [0.15, 0.2) is 0 Å². The number of aryl methyl sites for hydroxylation is 1. The van der Waals surface area contributed by atoms with Crippen LogP contribution < -0.4 is 0 Å². The fraction of sp³-hybridized carbons (Fsp3) is 0.600. The Labute approximate surface area is 79.5 Å². The van der Waals surface area contributed by atoms with Crippen LogP contribution in [-0.2, 0) is 13.0 Å². The van der Waals surface area contributed by atoms with Crippen molar-refractivity contribution in [1.82, 2.24) is 15.0 Å². The quantitative estimate of drug-likeness (QED) is 0.495. The molecule has 1 heterocycles. The average Bonchev–Trinajstić information content (AvgIpc) is 2.54. The van der Waals surface area contributed by atoms with Gasteiger partial charge in [-0.2, -0.15) is 0 Å². The van der Waals surface area contributed by atoms with E-state index in [-0.39, 0.29) is 0 Å². The number of aromatic nitrogens is 3. The molecule has 0 unspecified atom stereocenters. The van der Waals surface area contributed by atoms with Crippen LogP contribution in [0.4, 0.5) is 0 Å². The van der Waals surface area contributed by atoms with Crippen LogP contribution in [0.25, 0.3) is 0 Å². The van der Waals surface area contributed by atoms with Gasteiger partial charge in [0, 0.05) is 6.20 Å². The summed E-state index contributed by atoms with van der Waals surface area (Å²) >= 11 is 0. The first kappa shape index (κ1) is 9.96. The van der Waals surface area contributed by atoms with Gasteiger partial charge in [-0.05, 0) is 12.8 Å². The molecule has 0 radical (unpaired) electrons. The monoisotopic (exact) mass is 179 g/mol. The summed E-state index contributed by atoms with van der Waals surface area (Å²) in [4.78, 5) is 0. The Bertz CT molecular complexity index is 252. The molecule has 13 heavy (non-hydrogen) atoms. The van der Waals surface area contributed by atoms with Crippen LogP contribution in [0.15, 0.2) is 18.9 Å². The molecular formula is C10H17N3. The van der Waals surface area contributed by atoms with Crippen molar-refractivity contribution < 1.29 is 0 Å². The minimum absolute atomic E-state index is 0.751. The number of hydrogen-bond acceptors (Lipinski definition) is 2. The van der Waals surface area contributed by atoms with Crippen LogP contribution in [0.1, 0.15) is 31.9 Å². The van der Waals surface area contributed by atoms with E-state index >= 15 is 0 Å². The predicted octanol–water partition coefficient (Wildman–Crippen LogP) is 2.20. The second kappa shape index (κ2) is 5.51. The van der Waals surface area contributed by atoms with Crippen LogP contribution in [-0.4, -0.2) is 15.0 Å². The van der Waals surface area contributed by atoms with Crippen molar-refractivity contribution in [2.24, 2.45) is 0 Å². The molecule has 0 bridgehead atoms. The van der Waals surface area contributed by atoms with Gasteiger partial charge in [-0.15, -0.1) is 11.7 Å². The highest BCUT2D eigenvalue weighted by Crippen LogP contribution is 2.02. The Morgan fingerprint density at radius 2 is 2.38 bits per heavy atom. The van der Waals surface area contributed by atoms with Gasteiger partial charge in [0.05, 0.1) is 12.2 Å². The van der Waals surface area contributed by atoms with Gasteiger partial charge in [0.2, 0.25) is 0 Å². The van der Waals surface area contributed by atoms with Crippen LogP contribution >= 0.6 is 0 Å². The molecule has 0 aromatic carbocycles. The van der Waals surface area contributed by atoms with Crippen LogP contribution in [0.2, 0.25) is 0 Å². The summed E-state index contributed by atoms with van der Waals surface area (Å²) in [6.45, 7) is 6.61. The number of unbranched alkanes of at least 4 members (excludes halogenated alkanes) is 2. The Morgan fingerprint density at radius 3 is 3.08 bits per heavy atom. The fourth-order valence-corrected chi connectivity index (χ4v) is 1.23. The Hall–Kier alpha value is -1.12. The molecule has 1 aromatic rings. The van der Waals surface area contributed by atoms with E-state index in [0.29, 0.717) is 0 Å². The molecule has 0 saturated heterocycles. The van der Waals surface area contributed by atoms with E-state index in [1.54, 1.807) is 0 Å². The van der Waals surface area contributed by atoms with E-state index in [9.17, 15) is 0 Å². The van der Waals surface area contributed by atoms with Crippen molar-refractivity contribution in [2.75, 3.05) is 0 Å². The van der Waals surface area contributed by atoms with E-state index < -0.39 is 0 Å². The lowest BCUT2D eigenvalue weighted by molar-refractivity contribution is 0.660. The van der Waals surface area contributed by atoms with Gasteiger partial charge in [-0.3, -0.25) is 0 Å². The standard InChI is InChI=1S/C10H17N3/c1-3-5-6-7-10-9-13(8-4-2)12-11-10/h4,9H,2-3,5-8H2,1H3. The third-order valence-electron chi connectivity index (χ3n) is 1.94. The normalized spacial score (nSPS) is 10.2. The Balaban J connectivity index is 2.35. The lowest BCUT2D eigenvalue weighted by atomic mass is 10.2. The van der Waals surface area contributed by atoms with Crippen LogP contribution in [0.5, 0.6) is 0 Å². The molecule has 0 aliphatic heterocycles. The van der Waals surface area contributed by atoms with Gasteiger partial charge in [0.1, 0.15) is 0 Å². The van der Waals surface area contributed by atoms with E-state index in [4.69, 9.17) is 0 Å². The maximum Gasteiger partial charge on any atom is 0.0827 e. The third-order valence-corrected chi connectivity index (χ3v) is 1.94. The molecular weight excluding hydrogens is 162 g/mol. The minimum atomic E-state index is 0.751. The number of hydrogen-bond donors (Lipinski definition) is 0. The summed E-state index contributed by atoms with van der Waals surface area (Å²) in [7, 11) is 0. The maximum absolute atomic E-state index is 4.07. The zero-order valence-electron chi connectivity index (χ0n) is 8.24. The maximum atomic E-state index is 4.07. The molecule has 72 valence electrons. The second-order valence-corrected chi connectivity index (χ2v) is 3.18. The molecule has 0 amide bonds. The van der Waals surface area contributed by atoms with Gasteiger partial charge in [0.25, 0.3) is 0 Å². The van der Waals surface area contributed by atoms with Crippen LogP contribution in [0, 0.1) is 0 Å². The summed E-state index contributed by atoms with van der Waals surface area (Å²) in [6, 6.07) is 0. The zero-order valence-corrected chi connectivity index (χ0v) is 8.24. The van der Waals surface area contributed by atoms with Crippen molar-refractivity contribution in [3.05, 3.63) is 24.5 Å². The number of nitrogens with zero attached hydrogens (tertiary/aromatic N) is 3. The van der Waals surface area contributed by atoms with Crippen molar-refractivity contribution >= 4 is 0 Å². The highest BCUT2D eigenvalue weighted by molar-refractivity contribution is 4.92. The van der Waals surface area contributed by atoms with E-state index in [1.807, 2.05) is 17.0 Å². The van der Waals surface area contributed by atoms with Crippen molar-refractivity contribution in [2.45, 2.75) is 39.2 Å². The molecule has 1 aromatic heterocycles.